The number of carbonyl (C=O) groups is 2. The fourth-order valence-corrected chi connectivity index (χ4v) is 1.32. The van der Waals surface area contributed by atoms with Crippen LogP contribution < -0.4 is 21.9 Å². The molecule has 0 aliphatic rings. The zero-order valence-corrected chi connectivity index (χ0v) is 9.62. The molecule has 1 aromatic carbocycles. The van der Waals surface area contributed by atoms with E-state index < -0.39 is 0 Å². The first-order valence-corrected chi connectivity index (χ1v) is 5.23. The van der Waals surface area contributed by atoms with Gasteiger partial charge in [-0.3, -0.25) is 15.4 Å². The highest BCUT2D eigenvalue weighted by Gasteiger charge is 2.08. The lowest BCUT2D eigenvalue weighted by Crippen LogP contribution is -2.34. The zero-order chi connectivity index (χ0) is 12.7. The van der Waals surface area contributed by atoms with E-state index in [1.165, 1.54) is 6.92 Å². The molecule has 0 aromatic heterocycles. The number of hydrogen-bond acceptors (Lipinski definition) is 4. The van der Waals surface area contributed by atoms with Gasteiger partial charge in [-0.15, -0.1) is 0 Å². The van der Waals surface area contributed by atoms with Gasteiger partial charge in [-0.25, -0.2) is 0 Å². The standard InChI is InChI=1S/C11H16N4O2/c1-8(16)13-6-7-14-11(17)9-4-2-3-5-10(9)15-12/h2-5,15H,6-7,12H2,1H3,(H,13,16)(H,14,17). The van der Waals surface area contributed by atoms with E-state index in [4.69, 9.17) is 5.84 Å². The second-order valence-corrected chi connectivity index (χ2v) is 3.43. The van der Waals surface area contributed by atoms with Crippen LogP contribution in [0.3, 0.4) is 0 Å². The van der Waals surface area contributed by atoms with Gasteiger partial charge >= 0.3 is 0 Å². The van der Waals surface area contributed by atoms with Gasteiger partial charge < -0.3 is 16.1 Å². The first-order valence-electron chi connectivity index (χ1n) is 5.23. The van der Waals surface area contributed by atoms with Crippen LogP contribution >= 0.6 is 0 Å². The molecule has 0 aliphatic heterocycles. The number of nitrogens with one attached hydrogen (secondary N) is 3. The molecule has 0 heterocycles. The zero-order valence-electron chi connectivity index (χ0n) is 9.62. The number of hydrogen-bond donors (Lipinski definition) is 4. The van der Waals surface area contributed by atoms with Crippen LogP contribution in [0, 0.1) is 0 Å². The summed E-state index contributed by atoms with van der Waals surface area (Å²) >= 11 is 0. The first-order chi connectivity index (χ1) is 8.15. The summed E-state index contributed by atoms with van der Waals surface area (Å²) in [4.78, 5) is 22.4. The quantitative estimate of drug-likeness (QED) is 0.324. The predicted molar refractivity (Wildman–Crippen MR) is 65.3 cm³/mol. The summed E-state index contributed by atoms with van der Waals surface area (Å²) in [7, 11) is 0. The molecule has 0 unspecified atom stereocenters. The fraction of sp³-hybridized carbons (Fsp3) is 0.273. The monoisotopic (exact) mass is 236 g/mol. The smallest absolute Gasteiger partial charge is 0.253 e. The number of anilines is 1. The molecule has 0 spiro atoms. The van der Waals surface area contributed by atoms with Crippen molar-refractivity contribution in [3.63, 3.8) is 0 Å². The van der Waals surface area contributed by atoms with E-state index in [1.54, 1.807) is 24.3 Å². The average molecular weight is 236 g/mol. The lowest BCUT2D eigenvalue weighted by atomic mass is 10.1. The Morgan fingerprint density at radius 2 is 1.82 bits per heavy atom. The highest BCUT2D eigenvalue weighted by atomic mass is 16.2. The highest BCUT2D eigenvalue weighted by molar-refractivity contribution is 5.99. The number of para-hydroxylation sites is 1. The van der Waals surface area contributed by atoms with E-state index in [2.05, 4.69) is 16.1 Å². The topological polar surface area (TPSA) is 96.2 Å². The predicted octanol–water partition coefficient (Wildman–Crippen LogP) is -0.162. The first kappa shape index (κ1) is 13.0. The van der Waals surface area contributed by atoms with E-state index in [0.29, 0.717) is 24.3 Å². The van der Waals surface area contributed by atoms with Crippen molar-refractivity contribution in [1.82, 2.24) is 10.6 Å². The maximum absolute atomic E-state index is 11.7. The minimum absolute atomic E-state index is 0.122. The van der Waals surface area contributed by atoms with Crippen LogP contribution in [0.2, 0.25) is 0 Å². The molecule has 0 saturated heterocycles. The van der Waals surface area contributed by atoms with E-state index in [-0.39, 0.29) is 11.8 Å². The fourth-order valence-electron chi connectivity index (χ4n) is 1.32. The molecule has 0 atom stereocenters. The molecule has 6 heteroatoms. The van der Waals surface area contributed by atoms with Crippen LogP contribution in [0.1, 0.15) is 17.3 Å². The van der Waals surface area contributed by atoms with Gasteiger partial charge in [-0.05, 0) is 12.1 Å². The Labute approximate surface area is 99.5 Å². The van der Waals surface area contributed by atoms with Gasteiger partial charge in [-0.2, -0.15) is 0 Å². The van der Waals surface area contributed by atoms with Gasteiger partial charge in [-0.1, -0.05) is 12.1 Å². The van der Waals surface area contributed by atoms with Gasteiger partial charge in [0.15, 0.2) is 0 Å². The number of benzene rings is 1. The van der Waals surface area contributed by atoms with Crippen LogP contribution in [0.15, 0.2) is 24.3 Å². The Balaban J connectivity index is 2.49. The van der Waals surface area contributed by atoms with E-state index in [9.17, 15) is 9.59 Å². The number of nitrogen functional groups attached to an aromatic ring is 1. The Morgan fingerprint density at radius 1 is 1.18 bits per heavy atom. The van der Waals surface area contributed by atoms with Gasteiger partial charge in [0.1, 0.15) is 0 Å². The molecule has 92 valence electrons. The molecule has 1 rings (SSSR count). The molecular weight excluding hydrogens is 220 g/mol. The number of nitrogens with two attached hydrogens (primary N) is 1. The van der Waals surface area contributed by atoms with Crippen molar-refractivity contribution in [2.75, 3.05) is 18.5 Å². The molecule has 0 aliphatic carbocycles. The Hall–Kier alpha value is -2.08. The van der Waals surface area contributed by atoms with E-state index in [1.807, 2.05) is 0 Å². The van der Waals surface area contributed by atoms with Crippen LogP contribution in [0.25, 0.3) is 0 Å². The van der Waals surface area contributed by atoms with Crippen molar-refractivity contribution < 1.29 is 9.59 Å². The molecule has 0 saturated carbocycles. The summed E-state index contributed by atoms with van der Waals surface area (Å²) < 4.78 is 0. The molecule has 17 heavy (non-hydrogen) atoms. The maximum atomic E-state index is 11.7. The van der Waals surface area contributed by atoms with Crippen LogP contribution in [-0.4, -0.2) is 24.9 Å². The number of amides is 2. The Kier molecular flexibility index (Phi) is 4.96. The Morgan fingerprint density at radius 3 is 2.47 bits per heavy atom. The largest absolute Gasteiger partial charge is 0.355 e. The van der Waals surface area contributed by atoms with E-state index >= 15 is 0 Å². The number of rotatable bonds is 5. The normalized spacial score (nSPS) is 9.53. The maximum Gasteiger partial charge on any atom is 0.253 e. The summed E-state index contributed by atoms with van der Waals surface area (Å²) in [5.74, 6) is 4.94. The third-order valence-corrected chi connectivity index (χ3v) is 2.11. The molecule has 2 amide bonds. The van der Waals surface area contributed by atoms with E-state index in [0.717, 1.165) is 0 Å². The second kappa shape index (κ2) is 6.49. The van der Waals surface area contributed by atoms with Gasteiger partial charge in [0.05, 0.1) is 11.3 Å². The Bertz CT molecular complexity index is 406. The summed E-state index contributed by atoms with van der Waals surface area (Å²) in [6, 6.07) is 6.92. The summed E-state index contributed by atoms with van der Waals surface area (Å²) in [6.07, 6.45) is 0. The summed E-state index contributed by atoms with van der Waals surface area (Å²) in [5.41, 5.74) is 3.48. The molecule has 5 N–H and O–H groups in total. The minimum Gasteiger partial charge on any atom is -0.355 e. The van der Waals surface area contributed by atoms with Crippen LogP contribution in [-0.2, 0) is 4.79 Å². The van der Waals surface area contributed by atoms with Crippen LogP contribution in [0.5, 0.6) is 0 Å². The third-order valence-electron chi connectivity index (χ3n) is 2.11. The van der Waals surface area contributed by atoms with Crippen molar-refractivity contribution in [1.29, 1.82) is 0 Å². The number of carbonyl (C=O) groups excluding carboxylic acids is 2. The second-order valence-electron chi connectivity index (χ2n) is 3.43. The third kappa shape index (κ3) is 4.12. The molecule has 0 radical (unpaired) electrons. The minimum atomic E-state index is -0.232. The summed E-state index contributed by atoms with van der Waals surface area (Å²) in [6.45, 7) is 2.20. The SMILES string of the molecule is CC(=O)NCCNC(=O)c1ccccc1NN. The molecule has 0 bridgehead atoms. The molecule has 6 nitrogen and oxygen atoms in total. The molecule has 1 aromatic rings. The van der Waals surface area contributed by atoms with Crippen LogP contribution in [0.4, 0.5) is 5.69 Å². The van der Waals surface area contributed by atoms with Gasteiger partial charge in [0, 0.05) is 20.0 Å². The lowest BCUT2D eigenvalue weighted by molar-refractivity contribution is -0.118. The van der Waals surface area contributed by atoms with Crippen molar-refractivity contribution in [3.05, 3.63) is 29.8 Å². The van der Waals surface area contributed by atoms with Crippen molar-refractivity contribution in [2.45, 2.75) is 6.92 Å². The van der Waals surface area contributed by atoms with Crippen molar-refractivity contribution in [2.24, 2.45) is 5.84 Å². The molecule has 0 fully saturated rings. The number of hydrazine groups is 1. The average Bonchev–Trinajstić information content (AvgIpc) is 2.34. The lowest BCUT2D eigenvalue weighted by Gasteiger charge is -2.09. The van der Waals surface area contributed by atoms with Crippen molar-refractivity contribution in [3.8, 4) is 0 Å². The van der Waals surface area contributed by atoms with Crippen molar-refractivity contribution >= 4 is 17.5 Å². The molecular formula is C11H16N4O2. The highest BCUT2D eigenvalue weighted by Crippen LogP contribution is 2.12. The van der Waals surface area contributed by atoms with Gasteiger partial charge in [0.2, 0.25) is 5.91 Å². The summed E-state index contributed by atoms with van der Waals surface area (Å²) in [5, 5.41) is 5.27. The van der Waals surface area contributed by atoms with Gasteiger partial charge in [0.25, 0.3) is 5.91 Å².